The molecule has 1 aliphatic rings. The van der Waals surface area contributed by atoms with Gasteiger partial charge in [0.15, 0.2) is 0 Å². The van der Waals surface area contributed by atoms with Crippen molar-refractivity contribution in [1.82, 2.24) is 25.4 Å². The van der Waals surface area contributed by atoms with Gasteiger partial charge in [0, 0.05) is 41.2 Å². The van der Waals surface area contributed by atoms with Crippen molar-refractivity contribution >= 4 is 35.0 Å². The Morgan fingerprint density at radius 3 is 2.77 bits per heavy atom. The Labute approximate surface area is 214 Å². The van der Waals surface area contributed by atoms with Gasteiger partial charge in [-0.1, -0.05) is 35.3 Å². The number of piperidine rings is 1. The number of aromatic amines is 1. The van der Waals surface area contributed by atoms with Gasteiger partial charge in [-0.2, -0.15) is 5.10 Å². The van der Waals surface area contributed by atoms with Gasteiger partial charge in [0.05, 0.1) is 24.0 Å². The van der Waals surface area contributed by atoms with Gasteiger partial charge < -0.3 is 15.0 Å². The van der Waals surface area contributed by atoms with E-state index in [0.29, 0.717) is 58.8 Å². The fourth-order valence-corrected chi connectivity index (χ4v) is 4.84. The van der Waals surface area contributed by atoms with Gasteiger partial charge in [-0.25, -0.2) is 4.98 Å². The summed E-state index contributed by atoms with van der Waals surface area (Å²) < 4.78 is 5.16. The molecule has 1 saturated heterocycles. The minimum Gasteiger partial charge on any atom is -0.481 e. The zero-order valence-corrected chi connectivity index (χ0v) is 21.3. The Morgan fingerprint density at radius 2 is 2.06 bits per heavy atom. The molecular formula is C25H27Cl2N5O3. The maximum Gasteiger partial charge on any atom is 0.272 e. The highest BCUT2D eigenvalue weighted by Crippen LogP contribution is 2.34. The van der Waals surface area contributed by atoms with E-state index in [0.717, 1.165) is 5.56 Å². The van der Waals surface area contributed by atoms with E-state index in [-0.39, 0.29) is 17.7 Å². The number of rotatable bonds is 6. The second kappa shape index (κ2) is 10.3. The lowest BCUT2D eigenvalue weighted by Crippen LogP contribution is -2.55. The fourth-order valence-electron chi connectivity index (χ4n) is 4.43. The summed E-state index contributed by atoms with van der Waals surface area (Å²) in [5.41, 5.74) is 1.91. The Balaban J connectivity index is 1.42. The monoisotopic (exact) mass is 515 g/mol. The van der Waals surface area contributed by atoms with Crippen LogP contribution in [0.2, 0.25) is 10.0 Å². The van der Waals surface area contributed by atoms with Crippen molar-refractivity contribution in [2.45, 2.75) is 38.8 Å². The van der Waals surface area contributed by atoms with Gasteiger partial charge in [-0.3, -0.25) is 14.7 Å². The average molecular weight is 516 g/mol. The van der Waals surface area contributed by atoms with E-state index in [9.17, 15) is 9.59 Å². The molecule has 184 valence electrons. The minimum atomic E-state index is -0.518. The summed E-state index contributed by atoms with van der Waals surface area (Å²) in [5.74, 6) is 0.0182. The van der Waals surface area contributed by atoms with E-state index in [4.69, 9.17) is 27.9 Å². The van der Waals surface area contributed by atoms with Gasteiger partial charge in [-0.15, -0.1) is 0 Å². The number of carbonyl (C=O) groups is 2. The Morgan fingerprint density at radius 1 is 1.26 bits per heavy atom. The molecule has 10 heteroatoms. The first kappa shape index (κ1) is 25.0. The number of nitrogens with one attached hydrogen (secondary N) is 2. The van der Waals surface area contributed by atoms with Crippen LogP contribution in [0, 0.1) is 5.92 Å². The van der Waals surface area contributed by atoms with Gasteiger partial charge in [0.25, 0.3) is 5.91 Å². The molecule has 2 amide bonds. The Bertz CT molecular complexity index is 1240. The maximum absolute atomic E-state index is 13.4. The summed E-state index contributed by atoms with van der Waals surface area (Å²) in [4.78, 5) is 32.1. The molecule has 8 nitrogen and oxygen atoms in total. The summed E-state index contributed by atoms with van der Waals surface area (Å²) in [7, 11) is 1.52. The maximum atomic E-state index is 13.4. The van der Waals surface area contributed by atoms with Crippen LogP contribution in [0.1, 0.15) is 42.7 Å². The Hall–Kier alpha value is -3.10. The second-order valence-corrected chi connectivity index (χ2v) is 10.0. The number of hydrogen-bond acceptors (Lipinski definition) is 5. The number of methoxy groups -OCH3 is 1. The first-order chi connectivity index (χ1) is 16.7. The first-order valence-electron chi connectivity index (χ1n) is 11.3. The molecule has 1 aliphatic heterocycles. The molecular weight excluding hydrogens is 489 g/mol. The number of benzene rings is 1. The number of amides is 2. The summed E-state index contributed by atoms with van der Waals surface area (Å²) in [6.45, 7) is 4.82. The van der Waals surface area contributed by atoms with Crippen molar-refractivity contribution in [2.24, 2.45) is 5.92 Å². The van der Waals surface area contributed by atoms with Gasteiger partial charge in [0.2, 0.25) is 11.8 Å². The number of pyridine rings is 1. The van der Waals surface area contributed by atoms with Crippen molar-refractivity contribution in [2.75, 3.05) is 13.7 Å². The van der Waals surface area contributed by atoms with Crippen LogP contribution in [0.25, 0.3) is 11.3 Å². The molecule has 1 atom stereocenters. The van der Waals surface area contributed by atoms with E-state index in [1.165, 1.54) is 13.3 Å². The zero-order valence-electron chi connectivity index (χ0n) is 19.8. The average Bonchev–Trinajstić information content (AvgIpc) is 3.32. The largest absolute Gasteiger partial charge is 0.481 e. The number of H-pyrrole nitrogens is 1. The molecule has 3 heterocycles. The van der Waals surface area contributed by atoms with Crippen molar-refractivity contribution in [3.05, 3.63) is 63.9 Å². The molecule has 3 aromatic rings. The zero-order chi connectivity index (χ0) is 25.2. The summed E-state index contributed by atoms with van der Waals surface area (Å²) in [6, 6.07) is 10.8. The number of nitrogens with zero attached hydrogens (tertiary/aromatic N) is 3. The van der Waals surface area contributed by atoms with Crippen LogP contribution in [-0.2, 0) is 11.3 Å². The lowest BCUT2D eigenvalue weighted by atomic mass is 9.82. The van der Waals surface area contributed by atoms with E-state index >= 15 is 0 Å². The van der Waals surface area contributed by atoms with Crippen LogP contribution in [-0.4, -0.2) is 51.1 Å². The minimum absolute atomic E-state index is 0.0183. The lowest BCUT2D eigenvalue weighted by Gasteiger charge is -2.45. The summed E-state index contributed by atoms with van der Waals surface area (Å²) >= 11 is 12.3. The smallest absolute Gasteiger partial charge is 0.272 e. The molecule has 0 saturated carbocycles. The van der Waals surface area contributed by atoms with Crippen LogP contribution >= 0.6 is 23.2 Å². The van der Waals surface area contributed by atoms with Crippen LogP contribution in [0.15, 0.2) is 42.6 Å². The quantitative estimate of drug-likeness (QED) is 0.493. The first-order valence-corrected chi connectivity index (χ1v) is 12.0. The third-order valence-electron chi connectivity index (χ3n) is 6.27. The summed E-state index contributed by atoms with van der Waals surface area (Å²) in [6.07, 6.45) is 2.61. The molecule has 2 aromatic heterocycles. The number of carbonyl (C=O) groups excluding carboxylic acids is 2. The van der Waals surface area contributed by atoms with E-state index in [1.807, 2.05) is 32.0 Å². The molecule has 0 radical (unpaired) electrons. The third kappa shape index (κ3) is 5.60. The number of aromatic nitrogens is 3. The number of likely N-dealkylation sites (tertiary alicyclic amines) is 1. The third-order valence-corrected chi connectivity index (χ3v) is 6.81. The van der Waals surface area contributed by atoms with Crippen molar-refractivity contribution in [3.63, 3.8) is 0 Å². The summed E-state index contributed by atoms with van der Waals surface area (Å²) in [5, 5.41) is 11.1. The molecule has 1 fully saturated rings. The van der Waals surface area contributed by atoms with Gasteiger partial charge in [0.1, 0.15) is 5.69 Å². The Kier molecular flexibility index (Phi) is 7.33. The predicted octanol–water partition coefficient (Wildman–Crippen LogP) is 4.73. The molecule has 0 spiro atoms. The molecule has 0 unspecified atom stereocenters. The lowest BCUT2D eigenvalue weighted by molar-refractivity contribution is -0.128. The molecule has 2 N–H and O–H groups in total. The normalized spacial score (nSPS) is 17.2. The van der Waals surface area contributed by atoms with Crippen LogP contribution in [0.3, 0.4) is 0 Å². The predicted molar refractivity (Wildman–Crippen MR) is 135 cm³/mol. The van der Waals surface area contributed by atoms with Crippen LogP contribution in [0.4, 0.5) is 0 Å². The number of ether oxygens (including phenoxy) is 1. The standard InChI is InChI=1S/C25H27Cl2N5O3/c1-25(2)12-16(23(33)29-13-15-5-4-6-17(26)9-15)7-8-32(25)24(34)21-11-20(30-31-21)18-10-22(35-3)28-14-19(18)27/h4-6,9-11,14,16H,7-8,12-13H2,1-3H3,(H,29,33)(H,30,31)/t16-/m0/s1. The highest BCUT2D eigenvalue weighted by Gasteiger charge is 2.40. The van der Waals surface area contributed by atoms with Crippen LogP contribution < -0.4 is 10.1 Å². The van der Waals surface area contributed by atoms with Crippen molar-refractivity contribution in [1.29, 1.82) is 0 Å². The van der Waals surface area contributed by atoms with Crippen LogP contribution in [0.5, 0.6) is 5.88 Å². The highest BCUT2D eigenvalue weighted by molar-refractivity contribution is 6.33. The second-order valence-electron chi connectivity index (χ2n) is 9.18. The SMILES string of the molecule is COc1cc(-c2cc(C(=O)N3CC[C@H](C(=O)NCc4cccc(Cl)c4)CC3(C)C)[nH]n2)c(Cl)cn1. The fraction of sp³-hybridized carbons (Fsp3) is 0.360. The number of halogens is 2. The molecule has 35 heavy (non-hydrogen) atoms. The van der Waals surface area contributed by atoms with Gasteiger partial charge in [-0.05, 0) is 50.5 Å². The van der Waals surface area contributed by atoms with E-state index in [1.54, 1.807) is 23.1 Å². The molecule has 0 bridgehead atoms. The van der Waals surface area contributed by atoms with Crippen molar-refractivity contribution in [3.8, 4) is 17.1 Å². The molecule has 1 aromatic carbocycles. The van der Waals surface area contributed by atoms with E-state index in [2.05, 4.69) is 20.5 Å². The molecule has 4 rings (SSSR count). The topological polar surface area (TPSA) is 100 Å². The van der Waals surface area contributed by atoms with Crippen molar-refractivity contribution < 1.29 is 14.3 Å². The van der Waals surface area contributed by atoms with E-state index < -0.39 is 5.54 Å². The molecule has 0 aliphatic carbocycles. The highest BCUT2D eigenvalue weighted by atomic mass is 35.5. The number of hydrogen-bond donors (Lipinski definition) is 2. The van der Waals surface area contributed by atoms with Gasteiger partial charge >= 0.3 is 0 Å².